The monoisotopic (exact) mass is 196 g/mol. The number of carbonyl (C=O) groups is 1. The van der Waals surface area contributed by atoms with Gasteiger partial charge in [-0.25, -0.2) is 0 Å². The van der Waals surface area contributed by atoms with Crippen LogP contribution in [0.3, 0.4) is 0 Å². The molecule has 2 fully saturated rings. The van der Waals surface area contributed by atoms with Gasteiger partial charge in [0.2, 0.25) is 0 Å². The first-order valence-electron chi connectivity index (χ1n) is 5.72. The quantitative estimate of drug-likeness (QED) is 0.618. The molecule has 80 valence electrons. The highest BCUT2D eigenvalue weighted by Gasteiger charge is 2.30. The van der Waals surface area contributed by atoms with Crippen molar-refractivity contribution in [3.8, 4) is 0 Å². The number of hydrogen-bond acceptors (Lipinski definition) is 3. The molecule has 1 aliphatic carbocycles. The number of likely N-dealkylation sites (N-methyl/N-ethyl adjacent to an activating group) is 1. The molecule has 0 N–H and O–H groups in total. The minimum absolute atomic E-state index is 0.265. The van der Waals surface area contributed by atoms with Gasteiger partial charge in [0.05, 0.1) is 6.04 Å². The Balaban J connectivity index is 1.93. The maximum Gasteiger partial charge on any atom is 0.149 e. The summed E-state index contributed by atoms with van der Waals surface area (Å²) in [5.41, 5.74) is 0. The molecule has 0 aromatic heterocycles. The lowest BCUT2D eigenvalue weighted by Gasteiger charge is -2.25. The smallest absolute Gasteiger partial charge is 0.149 e. The molecule has 1 saturated carbocycles. The highest BCUT2D eigenvalue weighted by Crippen LogP contribution is 2.21. The molecule has 1 heterocycles. The van der Waals surface area contributed by atoms with Gasteiger partial charge in [0.15, 0.2) is 0 Å². The number of rotatable bonds is 1. The molecule has 1 unspecified atom stereocenters. The van der Waals surface area contributed by atoms with Gasteiger partial charge < -0.3 is 4.90 Å². The van der Waals surface area contributed by atoms with Gasteiger partial charge in [-0.1, -0.05) is 0 Å². The van der Waals surface area contributed by atoms with Crippen molar-refractivity contribution < 1.29 is 4.79 Å². The zero-order chi connectivity index (χ0) is 9.97. The molecule has 0 amide bonds. The average Bonchev–Trinajstić information content (AvgIpc) is 2.46. The SMILES string of the molecule is CN1CCCN(C2CCCC2=O)CC1. The van der Waals surface area contributed by atoms with Crippen LogP contribution in [0.25, 0.3) is 0 Å². The number of Topliss-reactive ketones (excluding diaryl/α,β-unsaturated/α-hetero) is 1. The molecule has 0 aromatic carbocycles. The lowest BCUT2D eigenvalue weighted by molar-refractivity contribution is -0.121. The Labute approximate surface area is 86.1 Å². The molecule has 0 aromatic rings. The van der Waals surface area contributed by atoms with E-state index in [2.05, 4.69) is 16.8 Å². The van der Waals surface area contributed by atoms with Crippen LogP contribution in [0.15, 0.2) is 0 Å². The topological polar surface area (TPSA) is 23.6 Å². The van der Waals surface area contributed by atoms with Gasteiger partial charge in [-0.3, -0.25) is 9.69 Å². The van der Waals surface area contributed by atoms with Crippen LogP contribution in [0, 0.1) is 0 Å². The third-order valence-corrected chi connectivity index (χ3v) is 3.47. The minimum Gasteiger partial charge on any atom is -0.305 e. The normalized spacial score (nSPS) is 32.1. The van der Waals surface area contributed by atoms with E-state index in [1.807, 2.05) is 0 Å². The molecule has 0 radical (unpaired) electrons. The summed E-state index contributed by atoms with van der Waals surface area (Å²) in [6.45, 7) is 4.48. The molecular formula is C11H20N2O. The van der Waals surface area contributed by atoms with E-state index in [0.29, 0.717) is 5.78 Å². The summed E-state index contributed by atoms with van der Waals surface area (Å²) in [7, 11) is 2.17. The fraction of sp³-hybridized carbons (Fsp3) is 0.909. The van der Waals surface area contributed by atoms with Crippen LogP contribution in [0.5, 0.6) is 0 Å². The van der Waals surface area contributed by atoms with Crippen molar-refractivity contribution >= 4 is 5.78 Å². The van der Waals surface area contributed by atoms with Crippen molar-refractivity contribution in [3.05, 3.63) is 0 Å². The number of hydrogen-bond donors (Lipinski definition) is 0. The molecule has 2 rings (SSSR count). The van der Waals surface area contributed by atoms with Crippen molar-refractivity contribution in [2.45, 2.75) is 31.7 Å². The summed E-state index contributed by atoms with van der Waals surface area (Å²) in [5.74, 6) is 0.481. The molecule has 2 aliphatic rings. The number of ketones is 1. The van der Waals surface area contributed by atoms with Gasteiger partial charge in [0.25, 0.3) is 0 Å². The van der Waals surface area contributed by atoms with E-state index in [9.17, 15) is 4.79 Å². The minimum atomic E-state index is 0.265. The van der Waals surface area contributed by atoms with Gasteiger partial charge in [-0.2, -0.15) is 0 Å². The Hall–Kier alpha value is -0.410. The summed E-state index contributed by atoms with van der Waals surface area (Å²) in [5, 5.41) is 0. The average molecular weight is 196 g/mol. The Morgan fingerprint density at radius 1 is 1.14 bits per heavy atom. The van der Waals surface area contributed by atoms with Gasteiger partial charge in [-0.05, 0) is 32.9 Å². The summed E-state index contributed by atoms with van der Waals surface area (Å²) >= 11 is 0. The van der Waals surface area contributed by atoms with E-state index < -0.39 is 0 Å². The first kappa shape index (κ1) is 10.1. The number of carbonyl (C=O) groups excluding carboxylic acids is 1. The molecule has 0 bridgehead atoms. The predicted octanol–water partition coefficient (Wildman–Crippen LogP) is 0.745. The van der Waals surface area contributed by atoms with E-state index in [1.165, 1.54) is 13.0 Å². The molecule has 3 nitrogen and oxygen atoms in total. The highest BCUT2D eigenvalue weighted by molar-refractivity contribution is 5.85. The predicted molar refractivity (Wildman–Crippen MR) is 56.3 cm³/mol. The molecular weight excluding hydrogens is 176 g/mol. The molecule has 3 heteroatoms. The van der Waals surface area contributed by atoms with Crippen LogP contribution in [0.1, 0.15) is 25.7 Å². The van der Waals surface area contributed by atoms with Gasteiger partial charge in [0.1, 0.15) is 5.78 Å². The van der Waals surface area contributed by atoms with Crippen LogP contribution < -0.4 is 0 Å². The van der Waals surface area contributed by atoms with Crippen molar-refractivity contribution in [1.29, 1.82) is 0 Å². The first-order chi connectivity index (χ1) is 6.77. The largest absolute Gasteiger partial charge is 0.305 e. The van der Waals surface area contributed by atoms with E-state index >= 15 is 0 Å². The van der Waals surface area contributed by atoms with E-state index in [-0.39, 0.29) is 6.04 Å². The Kier molecular flexibility index (Phi) is 3.19. The van der Waals surface area contributed by atoms with E-state index in [4.69, 9.17) is 0 Å². The highest BCUT2D eigenvalue weighted by atomic mass is 16.1. The van der Waals surface area contributed by atoms with Crippen molar-refractivity contribution in [3.63, 3.8) is 0 Å². The summed E-state index contributed by atoms with van der Waals surface area (Å²) < 4.78 is 0. The van der Waals surface area contributed by atoms with Crippen LogP contribution >= 0.6 is 0 Å². The lowest BCUT2D eigenvalue weighted by atomic mass is 10.2. The molecule has 14 heavy (non-hydrogen) atoms. The third-order valence-electron chi connectivity index (χ3n) is 3.47. The second kappa shape index (κ2) is 4.41. The van der Waals surface area contributed by atoms with Crippen LogP contribution in [-0.2, 0) is 4.79 Å². The molecule has 1 atom stereocenters. The fourth-order valence-corrected chi connectivity index (χ4v) is 2.56. The molecule has 0 spiro atoms. The van der Waals surface area contributed by atoms with E-state index in [0.717, 1.165) is 38.9 Å². The van der Waals surface area contributed by atoms with Crippen LogP contribution in [-0.4, -0.2) is 54.9 Å². The second-order valence-electron chi connectivity index (χ2n) is 4.57. The number of nitrogens with zero attached hydrogens (tertiary/aromatic N) is 2. The fourth-order valence-electron chi connectivity index (χ4n) is 2.56. The lowest BCUT2D eigenvalue weighted by Crippen LogP contribution is -2.40. The van der Waals surface area contributed by atoms with Crippen LogP contribution in [0.2, 0.25) is 0 Å². The van der Waals surface area contributed by atoms with Crippen LogP contribution in [0.4, 0.5) is 0 Å². The Bertz CT molecular complexity index is 217. The van der Waals surface area contributed by atoms with Gasteiger partial charge in [0, 0.05) is 26.1 Å². The molecule has 1 saturated heterocycles. The maximum absolute atomic E-state index is 11.6. The third kappa shape index (κ3) is 2.15. The van der Waals surface area contributed by atoms with E-state index in [1.54, 1.807) is 0 Å². The Morgan fingerprint density at radius 3 is 2.71 bits per heavy atom. The Morgan fingerprint density at radius 2 is 2.00 bits per heavy atom. The standard InChI is InChI=1S/C11H20N2O/c1-12-6-3-7-13(9-8-12)10-4-2-5-11(10)14/h10H,2-9H2,1H3. The zero-order valence-corrected chi connectivity index (χ0v) is 9.04. The second-order valence-corrected chi connectivity index (χ2v) is 4.57. The van der Waals surface area contributed by atoms with Crippen molar-refractivity contribution in [1.82, 2.24) is 9.80 Å². The first-order valence-corrected chi connectivity index (χ1v) is 5.72. The van der Waals surface area contributed by atoms with Crippen molar-refractivity contribution in [2.75, 3.05) is 33.2 Å². The summed E-state index contributed by atoms with van der Waals surface area (Å²) in [4.78, 5) is 16.4. The maximum atomic E-state index is 11.6. The van der Waals surface area contributed by atoms with Gasteiger partial charge in [-0.15, -0.1) is 0 Å². The molecule has 1 aliphatic heterocycles. The summed E-state index contributed by atoms with van der Waals surface area (Å²) in [6, 6.07) is 0.265. The zero-order valence-electron chi connectivity index (χ0n) is 9.04. The van der Waals surface area contributed by atoms with Gasteiger partial charge >= 0.3 is 0 Å². The summed E-state index contributed by atoms with van der Waals surface area (Å²) in [6.07, 6.45) is 4.23. The van der Waals surface area contributed by atoms with Crippen molar-refractivity contribution in [2.24, 2.45) is 0 Å².